The number of aliphatic hydroxyl groups is 1. The summed E-state index contributed by atoms with van der Waals surface area (Å²) in [7, 11) is -4.50. The third kappa shape index (κ3) is 4.44. The van der Waals surface area contributed by atoms with Crippen LogP contribution < -0.4 is 5.32 Å². The van der Waals surface area contributed by atoms with Gasteiger partial charge in [-0.1, -0.05) is 12.2 Å². The third-order valence-electron chi connectivity index (χ3n) is 2.43. The molecular weight excluding hydrogens is 245 g/mol. The topological polar surface area (TPSA) is 107 Å². The fourth-order valence-corrected chi connectivity index (χ4v) is 2.64. The SMILES string of the molecule is C=CCC(CC=C)(CC(=O)NCO)P(=O)(O)O. The molecule has 0 rings (SSSR count). The Balaban J connectivity index is 5.17. The van der Waals surface area contributed by atoms with Crippen molar-refractivity contribution in [3.8, 4) is 0 Å². The Kier molecular flexibility index (Phi) is 6.34. The van der Waals surface area contributed by atoms with Crippen LogP contribution >= 0.6 is 7.60 Å². The van der Waals surface area contributed by atoms with Crippen molar-refractivity contribution in [1.29, 1.82) is 0 Å². The average molecular weight is 263 g/mol. The van der Waals surface area contributed by atoms with Crippen LogP contribution in [-0.4, -0.2) is 32.7 Å². The lowest BCUT2D eigenvalue weighted by atomic mass is 9.95. The highest BCUT2D eigenvalue weighted by Gasteiger charge is 2.46. The lowest BCUT2D eigenvalue weighted by Crippen LogP contribution is -2.36. The summed E-state index contributed by atoms with van der Waals surface area (Å²) in [5.74, 6) is -0.625. The van der Waals surface area contributed by atoms with Gasteiger partial charge in [-0.05, 0) is 12.8 Å². The fraction of sp³-hybridized carbons (Fsp3) is 0.500. The summed E-state index contributed by atoms with van der Waals surface area (Å²) in [6.45, 7) is 6.30. The Labute approximate surface area is 100 Å². The van der Waals surface area contributed by atoms with Crippen LogP contribution in [0, 0.1) is 0 Å². The zero-order valence-corrected chi connectivity index (χ0v) is 10.4. The van der Waals surface area contributed by atoms with E-state index in [-0.39, 0.29) is 12.8 Å². The number of amides is 1. The van der Waals surface area contributed by atoms with Gasteiger partial charge in [0.05, 0.1) is 5.16 Å². The molecule has 1 amide bonds. The van der Waals surface area contributed by atoms with Crippen molar-refractivity contribution >= 4 is 13.5 Å². The van der Waals surface area contributed by atoms with E-state index in [1.54, 1.807) is 0 Å². The largest absolute Gasteiger partial charge is 0.377 e. The van der Waals surface area contributed by atoms with Crippen LogP contribution in [-0.2, 0) is 9.36 Å². The highest BCUT2D eigenvalue weighted by atomic mass is 31.2. The highest BCUT2D eigenvalue weighted by molar-refractivity contribution is 7.53. The molecule has 4 N–H and O–H groups in total. The summed E-state index contributed by atoms with van der Waals surface area (Å²) in [5, 5.41) is 9.09. The molecule has 0 saturated carbocycles. The second kappa shape index (κ2) is 6.71. The van der Waals surface area contributed by atoms with Crippen LogP contribution in [0.4, 0.5) is 0 Å². The molecule has 0 atom stereocenters. The molecule has 0 unspecified atom stereocenters. The summed E-state index contributed by atoms with van der Waals surface area (Å²) in [6, 6.07) is 0. The second-order valence-corrected chi connectivity index (χ2v) is 5.73. The van der Waals surface area contributed by atoms with Crippen LogP contribution in [0.5, 0.6) is 0 Å². The standard InChI is InChI=1S/C10H18NO5P/c1-3-5-10(6-4-2,17(14,15)16)7-9(13)11-8-12/h3-4,12H,1-2,5-8H2,(H,11,13)(H2,14,15,16). The first-order valence-corrected chi connectivity index (χ1v) is 6.59. The van der Waals surface area contributed by atoms with E-state index >= 15 is 0 Å². The first-order chi connectivity index (χ1) is 7.83. The predicted octanol–water partition coefficient (Wildman–Crippen LogP) is 0.511. The molecule has 0 radical (unpaired) electrons. The molecule has 0 fully saturated rings. The molecule has 98 valence electrons. The molecule has 0 aromatic rings. The Morgan fingerprint density at radius 2 is 1.76 bits per heavy atom. The molecule has 7 heteroatoms. The summed E-state index contributed by atoms with van der Waals surface area (Å²) < 4.78 is 11.5. The van der Waals surface area contributed by atoms with E-state index in [4.69, 9.17) is 5.11 Å². The molecule has 6 nitrogen and oxygen atoms in total. The molecule has 0 aromatic heterocycles. The summed E-state index contributed by atoms with van der Waals surface area (Å²) in [4.78, 5) is 30.1. The van der Waals surface area contributed by atoms with Gasteiger partial charge >= 0.3 is 7.60 Å². The van der Waals surface area contributed by atoms with Gasteiger partial charge in [0.1, 0.15) is 6.73 Å². The molecule has 0 heterocycles. The van der Waals surface area contributed by atoms with E-state index in [1.807, 2.05) is 0 Å². The average Bonchev–Trinajstić information content (AvgIpc) is 2.16. The van der Waals surface area contributed by atoms with Crippen LogP contribution in [0.3, 0.4) is 0 Å². The van der Waals surface area contributed by atoms with Crippen molar-refractivity contribution < 1.29 is 24.3 Å². The lowest BCUT2D eigenvalue weighted by molar-refractivity contribution is -0.122. The van der Waals surface area contributed by atoms with E-state index in [2.05, 4.69) is 18.5 Å². The molecule has 0 aliphatic rings. The predicted molar refractivity (Wildman–Crippen MR) is 64.2 cm³/mol. The van der Waals surface area contributed by atoms with Gasteiger partial charge in [0.25, 0.3) is 0 Å². The van der Waals surface area contributed by atoms with Crippen molar-refractivity contribution in [2.24, 2.45) is 0 Å². The number of aliphatic hydroxyl groups excluding tert-OH is 1. The van der Waals surface area contributed by atoms with Gasteiger partial charge in [0.15, 0.2) is 0 Å². The summed E-state index contributed by atoms with van der Waals surface area (Å²) in [6.07, 6.45) is 2.30. The quantitative estimate of drug-likeness (QED) is 0.290. The van der Waals surface area contributed by atoms with E-state index in [9.17, 15) is 19.1 Å². The maximum atomic E-state index is 11.5. The van der Waals surface area contributed by atoms with Gasteiger partial charge in [-0.15, -0.1) is 13.2 Å². The zero-order valence-electron chi connectivity index (χ0n) is 9.50. The van der Waals surface area contributed by atoms with Crippen molar-refractivity contribution in [3.63, 3.8) is 0 Å². The number of carbonyl (C=O) groups is 1. The van der Waals surface area contributed by atoms with Crippen LogP contribution in [0.2, 0.25) is 0 Å². The zero-order chi connectivity index (χ0) is 13.5. The van der Waals surface area contributed by atoms with Crippen LogP contribution in [0.15, 0.2) is 25.3 Å². The lowest BCUT2D eigenvalue weighted by Gasteiger charge is -2.31. The highest BCUT2D eigenvalue weighted by Crippen LogP contribution is 2.56. The second-order valence-electron chi connectivity index (χ2n) is 3.69. The smallest absolute Gasteiger partial charge is 0.332 e. The first-order valence-electron chi connectivity index (χ1n) is 4.98. The normalized spacial score (nSPS) is 11.9. The monoisotopic (exact) mass is 263 g/mol. The van der Waals surface area contributed by atoms with E-state index < -0.39 is 31.8 Å². The van der Waals surface area contributed by atoms with Gasteiger partial charge in [0, 0.05) is 6.42 Å². The minimum absolute atomic E-state index is 0.0118. The number of hydrogen-bond donors (Lipinski definition) is 4. The molecule has 0 bridgehead atoms. The van der Waals surface area contributed by atoms with Crippen molar-refractivity contribution in [2.45, 2.75) is 24.4 Å². The number of carbonyl (C=O) groups excluding carboxylic acids is 1. The molecular formula is C10H18NO5P. The van der Waals surface area contributed by atoms with Crippen LogP contribution in [0.1, 0.15) is 19.3 Å². The van der Waals surface area contributed by atoms with Crippen molar-refractivity contribution in [1.82, 2.24) is 5.32 Å². The van der Waals surface area contributed by atoms with Crippen molar-refractivity contribution in [3.05, 3.63) is 25.3 Å². The van der Waals surface area contributed by atoms with E-state index in [0.29, 0.717) is 0 Å². The molecule has 0 aliphatic carbocycles. The van der Waals surface area contributed by atoms with E-state index in [0.717, 1.165) is 0 Å². The minimum Gasteiger partial charge on any atom is -0.377 e. The van der Waals surface area contributed by atoms with Crippen LogP contribution in [0.25, 0.3) is 0 Å². The Bertz CT molecular complexity index is 326. The third-order valence-corrected chi connectivity index (χ3v) is 4.19. The Morgan fingerprint density at radius 3 is 2.06 bits per heavy atom. The number of hydrogen-bond acceptors (Lipinski definition) is 3. The molecule has 0 saturated heterocycles. The van der Waals surface area contributed by atoms with Gasteiger partial charge in [-0.3, -0.25) is 9.36 Å². The fourth-order valence-electron chi connectivity index (χ4n) is 1.56. The molecule has 0 aromatic carbocycles. The molecule has 0 spiro atoms. The minimum atomic E-state index is -4.50. The number of rotatable bonds is 8. The Morgan fingerprint density at radius 1 is 1.29 bits per heavy atom. The van der Waals surface area contributed by atoms with Crippen molar-refractivity contribution in [2.75, 3.05) is 6.73 Å². The van der Waals surface area contributed by atoms with E-state index in [1.165, 1.54) is 12.2 Å². The van der Waals surface area contributed by atoms with Gasteiger partial charge < -0.3 is 20.2 Å². The van der Waals surface area contributed by atoms with Gasteiger partial charge in [-0.25, -0.2) is 0 Å². The maximum Gasteiger partial charge on any atom is 0.332 e. The Hall–Kier alpha value is -0.940. The number of allylic oxidation sites excluding steroid dienone is 2. The van der Waals surface area contributed by atoms with Gasteiger partial charge in [-0.2, -0.15) is 0 Å². The van der Waals surface area contributed by atoms with Gasteiger partial charge in [0.2, 0.25) is 5.91 Å². The summed E-state index contributed by atoms with van der Waals surface area (Å²) >= 11 is 0. The summed E-state index contributed by atoms with van der Waals surface area (Å²) in [5.41, 5.74) is 0. The molecule has 17 heavy (non-hydrogen) atoms. The first kappa shape index (κ1) is 16.1. The number of nitrogens with one attached hydrogen (secondary N) is 1. The molecule has 0 aliphatic heterocycles. The maximum absolute atomic E-state index is 11.5.